The lowest BCUT2D eigenvalue weighted by Gasteiger charge is -2.14. The zero-order chi connectivity index (χ0) is 16.0. The molecule has 1 rings (SSSR count). The van der Waals surface area contributed by atoms with Crippen LogP contribution in [-0.4, -0.2) is 20.4 Å². The Balaban J connectivity index is 2.63. The molecule has 3 N–H and O–H groups in total. The number of sulfonamides is 1. The van der Waals surface area contributed by atoms with E-state index in [-0.39, 0.29) is 16.8 Å². The summed E-state index contributed by atoms with van der Waals surface area (Å²) in [6, 6.07) is 5.81. The normalized spacial score (nSPS) is 13.2. The lowest BCUT2D eigenvalue weighted by atomic mass is 10.0. The van der Waals surface area contributed by atoms with Crippen molar-refractivity contribution in [2.24, 2.45) is 11.1 Å². The Bertz CT molecular complexity index is 582. The molecule has 0 saturated heterocycles. The van der Waals surface area contributed by atoms with Gasteiger partial charge in [0.05, 0.1) is 4.90 Å². The molecule has 0 heterocycles. The first kappa shape index (κ1) is 17.7. The van der Waals surface area contributed by atoms with Crippen molar-refractivity contribution in [3.8, 4) is 0 Å². The second-order valence-electron chi connectivity index (χ2n) is 5.77. The largest absolute Gasteiger partial charge is 0.350 e. The quantitative estimate of drug-likeness (QED) is 0.809. The third-order valence-electron chi connectivity index (χ3n) is 3.22. The Kier molecular flexibility index (Phi) is 6.36. The van der Waals surface area contributed by atoms with Gasteiger partial charge in [-0.3, -0.25) is 4.79 Å². The van der Waals surface area contributed by atoms with Gasteiger partial charge in [-0.2, -0.15) is 0 Å². The van der Waals surface area contributed by atoms with Crippen LogP contribution in [0.2, 0.25) is 0 Å². The number of carbonyl (C=O) groups is 1. The Labute approximate surface area is 127 Å². The average molecular weight is 312 g/mol. The van der Waals surface area contributed by atoms with Crippen LogP contribution in [0.4, 0.5) is 0 Å². The average Bonchev–Trinajstić information content (AvgIpc) is 2.37. The molecule has 0 fully saturated rings. The molecule has 6 heteroatoms. The first-order valence-electron chi connectivity index (χ1n) is 7.14. The van der Waals surface area contributed by atoms with E-state index in [2.05, 4.69) is 19.2 Å². The Morgan fingerprint density at radius 3 is 2.48 bits per heavy atom. The number of hydrogen-bond acceptors (Lipinski definition) is 3. The molecule has 0 spiro atoms. The van der Waals surface area contributed by atoms with Gasteiger partial charge in [0.15, 0.2) is 0 Å². The van der Waals surface area contributed by atoms with E-state index < -0.39 is 10.0 Å². The van der Waals surface area contributed by atoms with Crippen LogP contribution in [0.5, 0.6) is 0 Å². The van der Waals surface area contributed by atoms with Gasteiger partial charge in [-0.05, 0) is 37.5 Å². The zero-order valence-corrected chi connectivity index (χ0v) is 13.6. The first-order chi connectivity index (χ1) is 9.70. The number of rotatable bonds is 7. The number of hydrogen-bond donors (Lipinski definition) is 2. The molecule has 0 aromatic heterocycles. The fourth-order valence-corrected chi connectivity index (χ4v) is 2.59. The molecule has 0 aliphatic rings. The van der Waals surface area contributed by atoms with Gasteiger partial charge in [0.1, 0.15) is 0 Å². The minimum Gasteiger partial charge on any atom is -0.350 e. The second kappa shape index (κ2) is 7.56. The molecule has 118 valence electrons. The van der Waals surface area contributed by atoms with Crippen molar-refractivity contribution in [3.05, 3.63) is 29.8 Å². The summed E-state index contributed by atoms with van der Waals surface area (Å²) in [5.74, 6) is 0.372. The predicted octanol–water partition coefficient (Wildman–Crippen LogP) is 2.28. The topological polar surface area (TPSA) is 89.3 Å². The summed E-state index contributed by atoms with van der Waals surface area (Å²) in [6.07, 6.45) is 3.08. The number of nitrogens with one attached hydrogen (secondary N) is 1. The van der Waals surface area contributed by atoms with Gasteiger partial charge in [-0.15, -0.1) is 0 Å². The van der Waals surface area contributed by atoms with E-state index in [0.717, 1.165) is 19.3 Å². The monoisotopic (exact) mass is 312 g/mol. The maximum atomic E-state index is 12.1. The predicted molar refractivity (Wildman–Crippen MR) is 83.4 cm³/mol. The fraction of sp³-hybridized carbons (Fsp3) is 0.533. The SMILES string of the molecule is CC(C)CCCC(C)NC(=O)c1cccc(S(N)(=O)=O)c1. The van der Waals surface area contributed by atoms with E-state index in [1.54, 1.807) is 6.07 Å². The summed E-state index contributed by atoms with van der Waals surface area (Å²) < 4.78 is 22.6. The molecule has 1 amide bonds. The van der Waals surface area contributed by atoms with Gasteiger partial charge in [0.2, 0.25) is 10.0 Å². The minimum absolute atomic E-state index is 0.0504. The van der Waals surface area contributed by atoms with Crippen molar-refractivity contribution < 1.29 is 13.2 Å². The van der Waals surface area contributed by atoms with Crippen LogP contribution >= 0.6 is 0 Å². The van der Waals surface area contributed by atoms with Gasteiger partial charge >= 0.3 is 0 Å². The number of carbonyl (C=O) groups excluding carboxylic acids is 1. The van der Waals surface area contributed by atoms with Crippen molar-refractivity contribution in [2.75, 3.05) is 0 Å². The van der Waals surface area contributed by atoms with E-state index in [1.165, 1.54) is 18.2 Å². The van der Waals surface area contributed by atoms with Crippen LogP contribution in [-0.2, 0) is 10.0 Å². The van der Waals surface area contributed by atoms with E-state index in [0.29, 0.717) is 11.5 Å². The highest BCUT2D eigenvalue weighted by Gasteiger charge is 2.13. The number of benzene rings is 1. The highest BCUT2D eigenvalue weighted by Crippen LogP contribution is 2.11. The maximum absolute atomic E-state index is 12.1. The van der Waals surface area contributed by atoms with Crippen molar-refractivity contribution in [1.29, 1.82) is 0 Å². The van der Waals surface area contributed by atoms with Crippen LogP contribution in [0.1, 0.15) is 50.4 Å². The number of primary sulfonamides is 1. The van der Waals surface area contributed by atoms with Crippen molar-refractivity contribution in [3.63, 3.8) is 0 Å². The second-order valence-corrected chi connectivity index (χ2v) is 7.33. The Hall–Kier alpha value is -1.40. The van der Waals surface area contributed by atoms with Gasteiger partial charge in [0.25, 0.3) is 5.91 Å². The summed E-state index contributed by atoms with van der Waals surface area (Å²) >= 11 is 0. The standard InChI is InChI=1S/C15H24N2O3S/c1-11(2)6-4-7-12(3)17-15(18)13-8-5-9-14(10-13)21(16,19)20/h5,8-12H,4,6-7H2,1-3H3,(H,17,18)(H2,16,19,20). The third kappa shape index (κ3) is 6.27. The third-order valence-corrected chi connectivity index (χ3v) is 4.13. The summed E-state index contributed by atoms with van der Waals surface area (Å²) in [4.78, 5) is 12.0. The summed E-state index contributed by atoms with van der Waals surface area (Å²) in [7, 11) is -3.79. The lowest BCUT2D eigenvalue weighted by molar-refractivity contribution is 0.0937. The minimum atomic E-state index is -3.79. The molecule has 1 atom stereocenters. The van der Waals surface area contributed by atoms with E-state index in [4.69, 9.17) is 5.14 Å². The maximum Gasteiger partial charge on any atom is 0.251 e. The summed E-state index contributed by atoms with van der Waals surface area (Å²) in [5.41, 5.74) is 0.303. The van der Waals surface area contributed by atoms with Crippen molar-refractivity contribution >= 4 is 15.9 Å². The highest BCUT2D eigenvalue weighted by molar-refractivity contribution is 7.89. The van der Waals surface area contributed by atoms with Gasteiger partial charge in [0, 0.05) is 11.6 Å². The van der Waals surface area contributed by atoms with Crippen molar-refractivity contribution in [1.82, 2.24) is 5.32 Å². The van der Waals surface area contributed by atoms with E-state index in [1.807, 2.05) is 6.92 Å². The molecular formula is C15H24N2O3S. The number of amides is 1. The molecule has 5 nitrogen and oxygen atoms in total. The molecule has 21 heavy (non-hydrogen) atoms. The fourth-order valence-electron chi connectivity index (χ4n) is 2.03. The Morgan fingerprint density at radius 2 is 1.90 bits per heavy atom. The van der Waals surface area contributed by atoms with Crippen LogP contribution in [0.3, 0.4) is 0 Å². The molecule has 0 aliphatic heterocycles. The molecule has 1 aromatic carbocycles. The van der Waals surface area contributed by atoms with Crippen LogP contribution in [0.15, 0.2) is 29.2 Å². The molecule has 0 aliphatic carbocycles. The summed E-state index contributed by atoms with van der Waals surface area (Å²) in [6.45, 7) is 6.28. The lowest BCUT2D eigenvalue weighted by Crippen LogP contribution is -2.32. The Morgan fingerprint density at radius 1 is 1.24 bits per heavy atom. The van der Waals surface area contributed by atoms with Crippen molar-refractivity contribution in [2.45, 2.75) is 51.0 Å². The molecule has 0 bridgehead atoms. The highest BCUT2D eigenvalue weighted by atomic mass is 32.2. The van der Waals surface area contributed by atoms with E-state index in [9.17, 15) is 13.2 Å². The molecule has 0 radical (unpaired) electrons. The van der Waals surface area contributed by atoms with Gasteiger partial charge < -0.3 is 5.32 Å². The molecular weight excluding hydrogens is 288 g/mol. The molecule has 0 saturated carbocycles. The smallest absolute Gasteiger partial charge is 0.251 e. The van der Waals surface area contributed by atoms with Gasteiger partial charge in [-0.1, -0.05) is 32.8 Å². The van der Waals surface area contributed by atoms with Crippen LogP contribution in [0.25, 0.3) is 0 Å². The van der Waals surface area contributed by atoms with Crippen LogP contribution in [0, 0.1) is 5.92 Å². The molecule has 1 unspecified atom stereocenters. The summed E-state index contributed by atoms with van der Waals surface area (Å²) in [5, 5.41) is 7.94. The van der Waals surface area contributed by atoms with Gasteiger partial charge in [-0.25, -0.2) is 13.6 Å². The first-order valence-corrected chi connectivity index (χ1v) is 8.68. The van der Waals surface area contributed by atoms with E-state index >= 15 is 0 Å². The molecule has 1 aromatic rings. The number of nitrogens with two attached hydrogens (primary N) is 1. The zero-order valence-electron chi connectivity index (χ0n) is 12.8. The van der Waals surface area contributed by atoms with Crippen LogP contribution < -0.4 is 10.5 Å².